The molecule has 0 spiro atoms. The van der Waals surface area contributed by atoms with Crippen LogP contribution < -0.4 is 4.74 Å². The molecule has 0 unspecified atom stereocenters. The maximum atomic E-state index is 16.5. The van der Waals surface area contributed by atoms with Gasteiger partial charge in [0.1, 0.15) is 34.3 Å². The Morgan fingerprint density at radius 2 is 1.57 bits per heavy atom. The number of hydrogen-bond acceptors (Lipinski definition) is 7. The van der Waals surface area contributed by atoms with Crippen molar-refractivity contribution in [1.29, 1.82) is 0 Å². The van der Waals surface area contributed by atoms with Crippen LogP contribution in [-0.2, 0) is 35.4 Å². The van der Waals surface area contributed by atoms with Crippen molar-refractivity contribution in [3.8, 4) is 16.9 Å². The second-order valence-electron chi connectivity index (χ2n) is 16.9. The Labute approximate surface area is 327 Å². The van der Waals surface area contributed by atoms with E-state index >= 15 is 4.39 Å². The van der Waals surface area contributed by atoms with Crippen LogP contribution in [0.3, 0.4) is 0 Å². The molecule has 3 aromatic carbocycles. The van der Waals surface area contributed by atoms with E-state index in [0.29, 0.717) is 81.2 Å². The van der Waals surface area contributed by atoms with E-state index in [4.69, 9.17) is 19.3 Å². The van der Waals surface area contributed by atoms with Gasteiger partial charge in [0.25, 0.3) is 0 Å². The zero-order valence-corrected chi connectivity index (χ0v) is 33.6. The summed E-state index contributed by atoms with van der Waals surface area (Å²) in [4.78, 5) is 31.2. The summed E-state index contributed by atoms with van der Waals surface area (Å²) in [6.45, 7) is 17.4. The predicted octanol–water partition coefficient (Wildman–Crippen LogP) is 8.71. The largest absolute Gasteiger partial charge is 0.493 e. The maximum Gasteiger partial charge on any atom is 0.410 e. The molecule has 7 rings (SSSR count). The molecule has 56 heavy (non-hydrogen) atoms. The van der Waals surface area contributed by atoms with Gasteiger partial charge in [0.15, 0.2) is 0 Å². The maximum absolute atomic E-state index is 16.5. The lowest BCUT2D eigenvalue weighted by molar-refractivity contribution is 0.00509. The van der Waals surface area contributed by atoms with Crippen LogP contribution in [0.2, 0.25) is 0 Å². The number of piperazine rings is 1. The Morgan fingerprint density at radius 1 is 0.839 bits per heavy atom. The van der Waals surface area contributed by atoms with E-state index in [1.54, 1.807) is 17.0 Å². The zero-order valence-electron chi connectivity index (χ0n) is 33.6. The third-order valence-electron chi connectivity index (χ3n) is 10.4. The minimum absolute atomic E-state index is 0.309. The molecule has 0 atom stereocenters. The van der Waals surface area contributed by atoms with Crippen molar-refractivity contribution in [3.63, 3.8) is 0 Å². The minimum Gasteiger partial charge on any atom is -0.493 e. The van der Waals surface area contributed by atoms with E-state index in [9.17, 15) is 14.0 Å². The van der Waals surface area contributed by atoms with Crippen LogP contribution in [0, 0.1) is 18.6 Å². The number of amides is 1. The van der Waals surface area contributed by atoms with Gasteiger partial charge in [0.05, 0.1) is 17.8 Å². The highest BCUT2D eigenvalue weighted by Gasteiger charge is 2.33. The number of ether oxygens (including phenoxy) is 3. The van der Waals surface area contributed by atoms with Crippen molar-refractivity contribution in [2.75, 3.05) is 39.3 Å². The molecule has 0 saturated carbocycles. The quantitative estimate of drug-likeness (QED) is 0.104. The molecule has 10 nitrogen and oxygen atoms in total. The van der Waals surface area contributed by atoms with Crippen molar-refractivity contribution in [3.05, 3.63) is 82.8 Å². The van der Waals surface area contributed by atoms with E-state index in [2.05, 4.69) is 4.90 Å². The van der Waals surface area contributed by atoms with Gasteiger partial charge in [-0.1, -0.05) is 12.1 Å². The molecule has 0 aliphatic carbocycles. The van der Waals surface area contributed by atoms with Crippen molar-refractivity contribution >= 4 is 33.7 Å². The number of rotatable bonds is 10. The fourth-order valence-electron chi connectivity index (χ4n) is 8.06. The minimum atomic E-state index is -0.775. The Hall–Kier alpha value is -4.97. The van der Waals surface area contributed by atoms with Crippen LogP contribution in [-0.4, -0.2) is 86.7 Å². The fraction of sp³-hybridized carbons (Fsp3) is 0.477. The van der Waals surface area contributed by atoms with Gasteiger partial charge in [-0.15, -0.1) is 0 Å². The first-order valence-electron chi connectivity index (χ1n) is 19.7. The van der Waals surface area contributed by atoms with Crippen LogP contribution in [0.15, 0.2) is 48.5 Å². The number of hydrogen-bond donors (Lipinski definition) is 0. The number of halogens is 2. The highest BCUT2D eigenvalue weighted by molar-refractivity contribution is 6.05. The average Bonchev–Trinajstić information content (AvgIpc) is 3.79. The molecule has 12 heteroatoms. The van der Waals surface area contributed by atoms with E-state index in [1.807, 2.05) is 75.9 Å². The number of aryl methyl sites for hydroxylation is 3. The topological polar surface area (TPSA) is 91.1 Å². The van der Waals surface area contributed by atoms with E-state index in [0.717, 1.165) is 58.1 Å². The van der Waals surface area contributed by atoms with E-state index in [-0.39, 0.29) is 17.7 Å². The molecule has 2 aromatic heterocycles. The van der Waals surface area contributed by atoms with E-state index < -0.39 is 17.2 Å². The first-order chi connectivity index (χ1) is 26.6. The first kappa shape index (κ1) is 39.3. The number of fused-ring (bicyclic) bond motifs is 3. The molecule has 1 amide bonds. The third-order valence-corrected chi connectivity index (χ3v) is 10.4. The monoisotopic (exact) mass is 769 g/mol. The van der Waals surface area contributed by atoms with Crippen LogP contribution in [0.4, 0.5) is 13.6 Å². The van der Waals surface area contributed by atoms with Gasteiger partial charge in [0, 0.05) is 73.4 Å². The number of carbonyl (C=O) groups excluding carboxylic acids is 2. The lowest BCUT2D eigenvalue weighted by Crippen LogP contribution is -2.50. The SMILES string of the molecule is Cc1nn2c(c1-c1c(F)ccc3c(CCCOc4cccc5cc(F)ccc45)c(C(=O)OC(C)(C)C)n(CCN4CCN(C(=O)OC(C)(C)C)CC4)c13)CCC2. The standard InChI is InChI=1S/C44H53F2N5O5/c1-28-37(35-13-9-19-51(35)47-28)38-34(46)18-17-33-32(12-10-26-54-36-14-8-11-29-27-30(45)15-16-31(29)36)40(41(52)55-43(2,3)4)50(39(33)38)25-22-48-20-23-49(24-21-48)42(53)56-44(5,6)7/h8,11,14-18,27H,9-10,12-13,19-26H2,1-7H3. The summed E-state index contributed by atoms with van der Waals surface area (Å²) in [5.41, 5.74) is 3.46. The van der Waals surface area contributed by atoms with Crippen molar-refractivity contribution in [2.24, 2.45) is 0 Å². The molecular weight excluding hydrogens is 717 g/mol. The van der Waals surface area contributed by atoms with Crippen LogP contribution in [0.1, 0.15) is 81.8 Å². The van der Waals surface area contributed by atoms with Gasteiger partial charge >= 0.3 is 12.1 Å². The second-order valence-corrected chi connectivity index (χ2v) is 16.9. The number of benzene rings is 3. The van der Waals surface area contributed by atoms with Crippen molar-refractivity contribution in [1.82, 2.24) is 24.1 Å². The summed E-state index contributed by atoms with van der Waals surface area (Å²) in [5.74, 6) is -0.500. The molecule has 0 N–H and O–H groups in total. The molecule has 298 valence electrons. The average molecular weight is 770 g/mol. The Bertz CT molecular complexity index is 2270. The molecule has 0 bridgehead atoms. The van der Waals surface area contributed by atoms with Crippen LogP contribution >= 0.6 is 0 Å². The van der Waals surface area contributed by atoms with Gasteiger partial charge in [-0.25, -0.2) is 18.4 Å². The van der Waals surface area contributed by atoms with Gasteiger partial charge in [-0.05, 0) is 121 Å². The lowest BCUT2D eigenvalue weighted by Gasteiger charge is -2.35. The molecule has 2 aliphatic rings. The molecule has 2 aliphatic heterocycles. The molecule has 1 fully saturated rings. The van der Waals surface area contributed by atoms with Crippen LogP contribution in [0.25, 0.3) is 32.8 Å². The Morgan fingerprint density at radius 3 is 2.30 bits per heavy atom. The molecule has 5 aromatic rings. The lowest BCUT2D eigenvalue weighted by atomic mass is 9.97. The van der Waals surface area contributed by atoms with E-state index in [1.165, 1.54) is 18.2 Å². The number of esters is 1. The highest BCUT2D eigenvalue weighted by Crippen LogP contribution is 2.41. The summed E-state index contributed by atoms with van der Waals surface area (Å²) in [6.07, 6.45) is 2.41. The van der Waals surface area contributed by atoms with Gasteiger partial charge < -0.3 is 23.7 Å². The summed E-state index contributed by atoms with van der Waals surface area (Å²) in [6, 6.07) is 13.5. The third kappa shape index (κ3) is 8.26. The Balaban J connectivity index is 1.26. The smallest absolute Gasteiger partial charge is 0.410 e. The first-order valence-corrected chi connectivity index (χ1v) is 19.7. The van der Waals surface area contributed by atoms with Gasteiger partial charge in [-0.3, -0.25) is 9.58 Å². The number of carbonyl (C=O) groups is 2. The second kappa shape index (κ2) is 15.5. The molecule has 1 saturated heterocycles. The summed E-state index contributed by atoms with van der Waals surface area (Å²) >= 11 is 0. The predicted molar refractivity (Wildman–Crippen MR) is 213 cm³/mol. The normalized spacial score (nSPS) is 15.1. The number of nitrogens with zero attached hydrogens (tertiary/aromatic N) is 5. The summed E-state index contributed by atoms with van der Waals surface area (Å²) < 4.78 is 52.4. The van der Waals surface area contributed by atoms with Crippen LogP contribution in [0.5, 0.6) is 5.75 Å². The highest BCUT2D eigenvalue weighted by atomic mass is 19.1. The summed E-state index contributed by atoms with van der Waals surface area (Å²) in [7, 11) is 0. The molecular formula is C44H53F2N5O5. The number of aromatic nitrogens is 3. The molecule has 0 radical (unpaired) electrons. The van der Waals surface area contributed by atoms with Gasteiger partial charge in [-0.2, -0.15) is 5.10 Å². The zero-order chi connectivity index (χ0) is 39.9. The Kier molecular flexibility index (Phi) is 10.9. The van der Waals surface area contributed by atoms with Crippen molar-refractivity contribution < 1.29 is 32.6 Å². The molecule has 4 heterocycles. The van der Waals surface area contributed by atoms with Crippen molar-refractivity contribution in [2.45, 2.75) is 98.4 Å². The fourth-order valence-corrected chi connectivity index (χ4v) is 8.06. The van der Waals surface area contributed by atoms with Gasteiger partial charge in [0.2, 0.25) is 0 Å². The summed E-state index contributed by atoms with van der Waals surface area (Å²) in [5, 5.41) is 7.15.